The summed E-state index contributed by atoms with van der Waals surface area (Å²) in [6, 6.07) is 9.50. The molecule has 0 saturated carbocycles. The van der Waals surface area contributed by atoms with E-state index in [0.29, 0.717) is 5.75 Å². The number of amides is 3. The first-order chi connectivity index (χ1) is 20.1. The van der Waals surface area contributed by atoms with E-state index in [1.807, 2.05) is 39.8 Å². The van der Waals surface area contributed by atoms with Gasteiger partial charge in [-0.1, -0.05) is 38.1 Å². The number of ether oxygens (including phenoxy) is 3. The van der Waals surface area contributed by atoms with Crippen molar-refractivity contribution in [1.29, 1.82) is 0 Å². The molecule has 0 bridgehead atoms. The van der Waals surface area contributed by atoms with E-state index in [4.69, 9.17) is 14.2 Å². The van der Waals surface area contributed by atoms with E-state index in [-0.39, 0.29) is 30.9 Å². The molecule has 10 heteroatoms. The van der Waals surface area contributed by atoms with Crippen LogP contribution in [-0.4, -0.2) is 54.4 Å². The van der Waals surface area contributed by atoms with Gasteiger partial charge in [-0.05, 0) is 100 Å². The maximum Gasteiger partial charge on any atom is 0.513 e. The van der Waals surface area contributed by atoms with Crippen molar-refractivity contribution in [1.82, 2.24) is 16.0 Å². The van der Waals surface area contributed by atoms with Crippen LogP contribution < -0.4 is 20.7 Å². The average Bonchev–Trinajstić information content (AvgIpc) is 3.30. The molecule has 3 amide bonds. The molecule has 0 aliphatic heterocycles. The smallest absolute Gasteiger partial charge is 0.444 e. The van der Waals surface area contributed by atoms with Crippen molar-refractivity contribution in [3.63, 3.8) is 0 Å². The summed E-state index contributed by atoms with van der Waals surface area (Å²) in [5.74, 6) is -0.347. The number of aryl methyl sites for hydroxylation is 2. The molecule has 3 rings (SSSR count). The van der Waals surface area contributed by atoms with E-state index in [0.717, 1.165) is 29.5 Å². The standard InChI is InChI=1S/C33H45N3O7/c1-19(2)18-41-32(40)42-26-13-20(3)27(21(4)14-26)17-28(36-31(39)43-33(6,7)8)30(38)34-22(5)29(37)35-25-15-23-11-9-10-12-24(23)16-25/h9-14,19,22,25,28H,15-18H2,1-8H3,(H,34,38)(H,35,37)(H,36,39)/t22-,28?/m1/s1. The van der Waals surface area contributed by atoms with Crippen molar-refractivity contribution < 1.29 is 33.4 Å². The van der Waals surface area contributed by atoms with Crippen molar-refractivity contribution in [2.24, 2.45) is 5.92 Å². The summed E-state index contributed by atoms with van der Waals surface area (Å²) >= 11 is 0. The number of alkyl carbamates (subject to hydrolysis) is 1. The molecule has 0 saturated heterocycles. The Morgan fingerprint density at radius 1 is 0.907 bits per heavy atom. The Bertz CT molecular complexity index is 1280. The second kappa shape index (κ2) is 14.4. The van der Waals surface area contributed by atoms with E-state index in [1.165, 1.54) is 11.1 Å². The Morgan fingerprint density at radius 2 is 1.49 bits per heavy atom. The Labute approximate surface area is 254 Å². The number of hydrogen-bond acceptors (Lipinski definition) is 7. The highest BCUT2D eigenvalue weighted by Gasteiger charge is 2.30. The van der Waals surface area contributed by atoms with Gasteiger partial charge in [-0.3, -0.25) is 9.59 Å². The van der Waals surface area contributed by atoms with Crippen LogP contribution in [0.15, 0.2) is 36.4 Å². The molecule has 0 spiro atoms. The lowest BCUT2D eigenvalue weighted by atomic mass is 9.95. The van der Waals surface area contributed by atoms with Gasteiger partial charge >= 0.3 is 12.2 Å². The molecule has 0 radical (unpaired) electrons. The molecule has 2 aromatic carbocycles. The number of hydrogen-bond donors (Lipinski definition) is 3. The fourth-order valence-electron chi connectivity index (χ4n) is 4.92. The number of fused-ring (bicyclic) bond motifs is 1. The molecular weight excluding hydrogens is 550 g/mol. The highest BCUT2D eigenvalue weighted by molar-refractivity contribution is 5.91. The molecule has 2 atom stereocenters. The van der Waals surface area contributed by atoms with Crippen molar-refractivity contribution in [3.8, 4) is 5.75 Å². The SMILES string of the molecule is Cc1cc(OC(=O)OCC(C)C)cc(C)c1CC(NC(=O)OC(C)(C)C)C(=O)N[C@H](C)C(=O)NC1Cc2ccccc2C1. The van der Waals surface area contributed by atoms with Crippen LogP contribution >= 0.6 is 0 Å². The van der Waals surface area contributed by atoms with Crippen LogP contribution in [0.5, 0.6) is 5.75 Å². The summed E-state index contributed by atoms with van der Waals surface area (Å²) in [6.45, 7) is 14.6. The van der Waals surface area contributed by atoms with Crippen molar-refractivity contribution in [2.75, 3.05) is 6.61 Å². The predicted molar refractivity (Wildman–Crippen MR) is 163 cm³/mol. The fraction of sp³-hybridized carbons (Fsp3) is 0.515. The van der Waals surface area contributed by atoms with E-state index in [1.54, 1.807) is 39.8 Å². The van der Waals surface area contributed by atoms with Gasteiger partial charge in [-0.15, -0.1) is 0 Å². The fourth-order valence-corrected chi connectivity index (χ4v) is 4.92. The van der Waals surface area contributed by atoms with Gasteiger partial charge in [0, 0.05) is 12.5 Å². The Morgan fingerprint density at radius 3 is 2.02 bits per heavy atom. The number of nitrogens with one attached hydrogen (secondary N) is 3. The van der Waals surface area contributed by atoms with Crippen molar-refractivity contribution >= 4 is 24.1 Å². The summed E-state index contributed by atoms with van der Waals surface area (Å²) in [7, 11) is 0. The van der Waals surface area contributed by atoms with Gasteiger partial charge < -0.3 is 30.2 Å². The van der Waals surface area contributed by atoms with Crippen LogP contribution in [0.4, 0.5) is 9.59 Å². The van der Waals surface area contributed by atoms with Crippen LogP contribution in [0.25, 0.3) is 0 Å². The minimum Gasteiger partial charge on any atom is -0.444 e. The monoisotopic (exact) mass is 595 g/mol. The van der Waals surface area contributed by atoms with E-state index >= 15 is 0 Å². The molecule has 1 unspecified atom stereocenters. The molecule has 234 valence electrons. The molecular formula is C33H45N3O7. The Kier molecular flexibility index (Phi) is 11.2. The third kappa shape index (κ3) is 10.3. The number of rotatable bonds is 10. The van der Waals surface area contributed by atoms with Gasteiger partial charge in [0.15, 0.2) is 0 Å². The van der Waals surface area contributed by atoms with Gasteiger partial charge in [0.2, 0.25) is 11.8 Å². The van der Waals surface area contributed by atoms with Gasteiger partial charge in [-0.2, -0.15) is 0 Å². The van der Waals surface area contributed by atoms with Crippen molar-refractivity contribution in [2.45, 2.75) is 98.4 Å². The van der Waals surface area contributed by atoms with Crippen molar-refractivity contribution in [3.05, 3.63) is 64.2 Å². The molecule has 1 aliphatic carbocycles. The van der Waals surface area contributed by atoms with Gasteiger partial charge in [0.05, 0.1) is 6.61 Å². The van der Waals surface area contributed by atoms with E-state index in [9.17, 15) is 19.2 Å². The second-order valence-corrected chi connectivity index (χ2v) is 12.6. The zero-order valence-corrected chi connectivity index (χ0v) is 26.5. The summed E-state index contributed by atoms with van der Waals surface area (Å²) < 4.78 is 15.8. The van der Waals surface area contributed by atoms with Gasteiger partial charge in [0.25, 0.3) is 0 Å². The minimum absolute atomic E-state index is 0.0476. The molecule has 10 nitrogen and oxygen atoms in total. The molecule has 3 N–H and O–H groups in total. The first-order valence-corrected chi connectivity index (χ1v) is 14.7. The first-order valence-electron chi connectivity index (χ1n) is 14.7. The molecule has 43 heavy (non-hydrogen) atoms. The number of benzene rings is 2. The Balaban J connectivity index is 1.71. The minimum atomic E-state index is -1.04. The summed E-state index contributed by atoms with van der Waals surface area (Å²) in [6.07, 6.45) is 0.0418. The first kappa shape index (κ1) is 33.4. The lowest BCUT2D eigenvalue weighted by Crippen LogP contribution is -2.55. The molecule has 2 aromatic rings. The highest BCUT2D eigenvalue weighted by Crippen LogP contribution is 2.24. The number of carbonyl (C=O) groups excluding carboxylic acids is 4. The van der Waals surface area contributed by atoms with E-state index < -0.39 is 35.8 Å². The van der Waals surface area contributed by atoms with Crippen LogP contribution in [-0.2, 0) is 38.3 Å². The lowest BCUT2D eigenvalue weighted by Gasteiger charge is -2.25. The van der Waals surface area contributed by atoms with Crippen LogP contribution in [0.2, 0.25) is 0 Å². The van der Waals surface area contributed by atoms with Gasteiger partial charge in [0.1, 0.15) is 23.4 Å². The molecule has 0 aromatic heterocycles. The van der Waals surface area contributed by atoms with E-state index in [2.05, 4.69) is 28.1 Å². The third-order valence-corrected chi connectivity index (χ3v) is 6.97. The molecule has 0 heterocycles. The zero-order chi connectivity index (χ0) is 31.9. The summed E-state index contributed by atoms with van der Waals surface area (Å²) in [5.41, 5.74) is 3.93. The van der Waals surface area contributed by atoms with Crippen LogP contribution in [0, 0.1) is 19.8 Å². The summed E-state index contributed by atoms with van der Waals surface area (Å²) in [5, 5.41) is 8.45. The van der Waals surface area contributed by atoms with Crippen LogP contribution in [0.3, 0.4) is 0 Å². The highest BCUT2D eigenvalue weighted by atomic mass is 16.7. The molecule has 1 aliphatic rings. The Hall–Kier alpha value is -4.08. The lowest BCUT2D eigenvalue weighted by molar-refractivity contribution is -0.130. The maximum atomic E-state index is 13.5. The normalized spacial score (nSPS) is 14.3. The predicted octanol–water partition coefficient (Wildman–Crippen LogP) is 4.70. The average molecular weight is 596 g/mol. The number of carbonyl (C=O) groups is 4. The quantitative estimate of drug-likeness (QED) is 0.268. The largest absolute Gasteiger partial charge is 0.513 e. The summed E-state index contributed by atoms with van der Waals surface area (Å²) in [4.78, 5) is 51.3. The molecule has 0 fully saturated rings. The topological polar surface area (TPSA) is 132 Å². The van der Waals surface area contributed by atoms with Gasteiger partial charge in [-0.25, -0.2) is 9.59 Å². The maximum absolute atomic E-state index is 13.5. The second-order valence-electron chi connectivity index (χ2n) is 12.6. The third-order valence-electron chi connectivity index (χ3n) is 6.97. The zero-order valence-electron chi connectivity index (χ0n) is 26.5. The van der Waals surface area contributed by atoms with Crippen LogP contribution in [0.1, 0.15) is 69.4 Å².